The summed E-state index contributed by atoms with van der Waals surface area (Å²) in [5, 5.41) is 7.32. The molecule has 2 N–H and O–H groups in total. The fourth-order valence-electron chi connectivity index (χ4n) is 3.99. The Hall–Kier alpha value is -0.930. The first-order chi connectivity index (χ1) is 9.75. The van der Waals surface area contributed by atoms with Crippen LogP contribution in [0.5, 0.6) is 0 Å². The predicted molar refractivity (Wildman–Crippen MR) is 80.1 cm³/mol. The third-order valence-corrected chi connectivity index (χ3v) is 5.02. The Morgan fingerprint density at radius 1 is 1.20 bits per heavy atom. The lowest BCUT2D eigenvalue weighted by molar-refractivity contribution is 0.301. The Morgan fingerprint density at radius 3 is 2.80 bits per heavy atom. The van der Waals surface area contributed by atoms with Crippen molar-refractivity contribution in [1.29, 1.82) is 0 Å². The molecule has 20 heavy (non-hydrogen) atoms. The highest BCUT2D eigenvalue weighted by Crippen LogP contribution is 2.33. The average Bonchev–Trinajstić information content (AvgIpc) is 3.09. The van der Waals surface area contributed by atoms with Gasteiger partial charge in [-0.3, -0.25) is 0 Å². The van der Waals surface area contributed by atoms with Gasteiger partial charge in [-0.1, -0.05) is 24.6 Å². The van der Waals surface area contributed by atoms with E-state index in [2.05, 4.69) is 17.6 Å². The summed E-state index contributed by atoms with van der Waals surface area (Å²) in [6.07, 6.45) is 6.43. The molecule has 2 aliphatic rings. The van der Waals surface area contributed by atoms with Gasteiger partial charge in [-0.15, -0.1) is 0 Å². The zero-order valence-corrected chi connectivity index (χ0v) is 12.2. The maximum atomic E-state index is 13.9. The van der Waals surface area contributed by atoms with Crippen LogP contribution in [0.1, 0.15) is 50.6 Å². The van der Waals surface area contributed by atoms with Crippen molar-refractivity contribution < 1.29 is 4.39 Å². The number of nitrogens with one attached hydrogen (secondary N) is 2. The molecular formula is C17H25FN2. The first kappa shape index (κ1) is 14.0. The lowest BCUT2D eigenvalue weighted by Crippen LogP contribution is -2.43. The Kier molecular flexibility index (Phi) is 4.37. The van der Waals surface area contributed by atoms with Crippen molar-refractivity contribution in [2.45, 2.75) is 57.2 Å². The van der Waals surface area contributed by atoms with Crippen molar-refractivity contribution in [3.05, 3.63) is 35.6 Å². The van der Waals surface area contributed by atoms with Crippen LogP contribution in [-0.2, 0) is 0 Å². The van der Waals surface area contributed by atoms with Crippen molar-refractivity contribution in [2.75, 3.05) is 6.54 Å². The van der Waals surface area contributed by atoms with Gasteiger partial charge in [0.05, 0.1) is 0 Å². The highest BCUT2D eigenvalue weighted by atomic mass is 19.1. The standard InChI is InChI=1S/C17H25FN2/c1-12(13-6-2-3-8-15(13)18)20-17-9-4-7-14(17)16-10-5-11-19-16/h2-3,6,8,12,14,16-17,19-20H,4-5,7,9-11H2,1H3/t12-,14?,16?,17?/m1/s1. The second kappa shape index (κ2) is 6.23. The molecule has 1 aliphatic heterocycles. The minimum absolute atomic E-state index is 0.0863. The van der Waals surface area contributed by atoms with E-state index in [9.17, 15) is 4.39 Å². The molecule has 3 rings (SSSR count). The maximum absolute atomic E-state index is 13.9. The summed E-state index contributed by atoms with van der Waals surface area (Å²) in [6, 6.07) is 8.41. The van der Waals surface area contributed by atoms with E-state index < -0.39 is 0 Å². The molecule has 1 saturated heterocycles. The molecule has 2 fully saturated rings. The fourth-order valence-corrected chi connectivity index (χ4v) is 3.99. The Balaban J connectivity index is 1.65. The van der Waals surface area contributed by atoms with Crippen LogP contribution in [0.15, 0.2) is 24.3 Å². The zero-order chi connectivity index (χ0) is 13.9. The molecule has 3 heteroatoms. The third kappa shape index (κ3) is 2.89. The van der Waals surface area contributed by atoms with E-state index in [1.807, 2.05) is 12.1 Å². The fraction of sp³-hybridized carbons (Fsp3) is 0.647. The van der Waals surface area contributed by atoms with E-state index in [0.717, 1.165) is 12.1 Å². The van der Waals surface area contributed by atoms with Crippen LogP contribution in [0.25, 0.3) is 0 Å². The molecule has 110 valence electrons. The Labute approximate surface area is 121 Å². The van der Waals surface area contributed by atoms with Gasteiger partial charge in [-0.05, 0) is 51.1 Å². The van der Waals surface area contributed by atoms with Gasteiger partial charge in [-0.2, -0.15) is 0 Å². The number of benzene rings is 1. The summed E-state index contributed by atoms with van der Waals surface area (Å²) in [5.41, 5.74) is 0.789. The van der Waals surface area contributed by atoms with Crippen molar-refractivity contribution in [2.24, 2.45) is 5.92 Å². The van der Waals surface area contributed by atoms with Crippen LogP contribution in [-0.4, -0.2) is 18.6 Å². The number of rotatable bonds is 4. The predicted octanol–water partition coefficient (Wildman–Crippen LogP) is 3.40. The minimum Gasteiger partial charge on any atom is -0.314 e. The zero-order valence-electron chi connectivity index (χ0n) is 12.2. The van der Waals surface area contributed by atoms with Gasteiger partial charge in [0.2, 0.25) is 0 Å². The summed E-state index contributed by atoms with van der Waals surface area (Å²) in [5.74, 6) is 0.618. The average molecular weight is 276 g/mol. The highest BCUT2D eigenvalue weighted by molar-refractivity contribution is 5.20. The van der Waals surface area contributed by atoms with E-state index in [-0.39, 0.29) is 11.9 Å². The molecule has 1 aliphatic carbocycles. The quantitative estimate of drug-likeness (QED) is 0.881. The van der Waals surface area contributed by atoms with Crippen molar-refractivity contribution in [1.82, 2.24) is 10.6 Å². The summed E-state index contributed by atoms with van der Waals surface area (Å²) < 4.78 is 13.9. The van der Waals surface area contributed by atoms with Gasteiger partial charge in [-0.25, -0.2) is 4.39 Å². The van der Waals surface area contributed by atoms with Crippen LogP contribution < -0.4 is 10.6 Å². The highest BCUT2D eigenvalue weighted by Gasteiger charge is 2.35. The minimum atomic E-state index is -0.0963. The molecule has 0 radical (unpaired) electrons. The normalized spacial score (nSPS) is 31.6. The molecule has 0 aromatic heterocycles. The second-order valence-electron chi connectivity index (χ2n) is 6.31. The largest absolute Gasteiger partial charge is 0.314 e. The van der Waals surface area contributed by atoms with E-state index in [0.29, 0.717) is 18.0 Å². The maximum Gasteiger partial charge on any atom is 0.127 e. The first-order valence-electron chi connectivity index (χ1n) is 7.99. The van der Waals surface area contributed by atoms with E-state index in [1.165, 1.54) is 32.1 Å². The van der Waals surface area contributed by atoms with Gasteiger partial charge in [0.1, 0.15) is 5.82 Å². The lowest BCUT2D eigenvalue weighted by atomic mass is 9.92. The van der Waals surface area contributed by atoms with E-state index in [1.54, 1.807) is 12.1 Å². The monoisotopic (exact) mass is 276 g/mol. The van der Waals surface area contributed by atoms with Crippen LogP contribution in [0.2, 0.25) is 0 Å². The van der Waals surface area contributed by atoms with Gasteiger partial charge in [0.25, 0.3) is 0 Å². The summed E-state index contributed by atoms with van der Waals surface area (Å²) >= 11 is 0. The molecule has 1 heterocycles. The number of hydrogen-bond donors (Lipinski definition) is 2. The van der Waals surface area contributed by atoms with Gasteiger partial charge >= 0.3 is 0 Å². The first-order valence-corrected chi connectivity index (χ1v) is 7.99. The Bertz CT molecular complexity index is 442. The number of hydrogen-bond acceptors (Lipinski definition) is 2. The molecule has 0 amide bonds. The summed E-state index contributed by atoms with van der Waals surface area (Å²) in [6.45, 7) is 3.24. The summed E-state index contributed by atoms with van der Waals surface area (Å²) in [4.78, 5) is 0. The SMILES string of the molecule is C[C@@H](NC1CCCC1C1CCCN1)c1ccccc1F. The van der Waals surface area contributed by atoms with Crippen molar-refractivity contribution in [3.8, 4) is 0 Å². The van der Waals surface area contributed by atoms with Gasteiger partial charge in [0.15, 0.2) is 0 Å². The van der Waals surface area contributed by atoms with E-state index in [4.69, 9.17) is 0 Å². The van der Waals surface area contributed by atoms with Gasteiger partial charge in [0, 0.05) is 23.7 Å². The molecule has 1 aromatic rings. The van der Waals surface area contributed by atoms with Crippen LogP contribution in [0, 0.1) is 11.7 Å². The molecule has 3 unspecified atom stereocenters. The Morgan fingerprint density at radius 2 is 2.05 bits per heavy atom. The third-order valence-electron chi connectivity index (χ3n) is 5.02. The molecular weight excluding hydrogens is 251 g/mol. The lowest BCUT2D eigenvalue weighted by Gasteiger charge is -2.29. The van der Waals surface area contributed by atoms with Crippen molar-refractivity contribution >= 4 is 0 Å². The van der Waals surface area contributed by atoms with Crippen LogP contribution in [0.4, 0.5) is 4.39 Å². The van der Waals surface area contributed by atoms with E-state index >= 15 is 0 Å². The molecule has 1 aromatic carbocycles. The smallest absolute Gasteiger partial charge is 0.127 e. The van der Waals surface area contributed by atoms with Gasteiger partial charge < -0.3 is 10.6 Å². The van der Waals surface area contributed by atoms with Crippen molar-refractivity contribution in [3.63, 3.8) is 0 Å². The van der Waals surface area contributed by atoms with Crippen LogP contribution >= 0.6 is 0 Å². The molecule has 2 nitrogen and oxygen atoms in total. The number of halogens is 1. The molecule has 1 saturated carbocycles. The molecule has 4 atom stereocenters. The topological polar surface area (TPSA) is 24.1 Å². The second-order valence-corrected chi connectivity index (χ2v) is 6.31. The van der Waals surface area contributed by atoms with Crippen LogP contribution in [0.3, 0.4) is 0 Å². The summed E-state index contributed by atoms with van der Waals surface area (Å²) in [7, 11) is 0. The molecule has 0 spiro atoms. The molecule has 0 bridgehead atoms.